The minimum absolute atomic E-state index is 0.573. The van der Waals surface area contributed by atoms with Gasteiger partial charge in [0.25, 0.3) is 0 Å². The van der Waals surface area contributed by atoms with E-state index >= 15 is 0 Å². The lowest BCUT2D eigenvalue weighted by Gasteiger charge is -2.04. The Balaban J connectivity index is 1.96. The maximum Gasteiger partial charge on any atom is 0.169 e. The van der Waals surface area contributed by atoms with Crippen molar-refractivity contribution in [2.45, 2.75) is 26.3 Å². The molecule has 0 amide bonds. The molecule has 17 heavy (non-hydrogen) atoms. The third-order valence-electron chi connectivity index (χ3n) is 2.30. The number of nitrogens with one attached hydrogen (secondary N) is 1. The topological polar surface area (TPSA) is 68.5 Å². The van der Waals surface area contributed by atoms with Crippen LogP contribution in [0.4, 0.5) is 5.82 Å². The second-order valence-corrected chi connectivity index (χ2v) is 3.83. The van der Waals surface area contributed by atoms with E-state index in [4.69, 9.17) is 0 Å². The number of aryl methyl sites for hydroxylation is 2. The van der Waals surface area contributed by atoms with Crippen molar-refractivity contribution in [3.63, 3.8) is 0 Å². The van der Waals surface area contributed by atoms with E-state index in [0.717, 1.165) is 30.2 Å². The Labute approximate surface area is 100 Å². The largest absolute Gasteiger partial charge is 0.363 e. The molecule has 0 aromatic carbocycles. The molecule has 2 aromatic heterocycles. The summed E-state index contributed by atoms with van der Waals surface area (Å²) in [5.41, 5.74) is 1.05. The van der Waals surface area contributed by atoms with Gasteiger partial charge in [-0.1, -0.05) is 13.3 Å². The molecule has 0 aliphatic heterocycles. The number of nitrogens with zero attached hydrogens (tertiary/aromatic N) is 5. The number of aromatic nitrogens is 5. The van der Waals surface area contributed by atoms with Gasteiger partial charge in [0.1, 0.15) is 18.5 Å². The molecule has 0 saturated heterocycles. The van der Waals surface area contributed by atoms with E-state index in [1.165, 1.54) is 0 Å². The van der Waals surface area contributed by atoms with Crippen molar-refractivity contribution >= 4 is 5.82 Å². The van der Waals surface area contributed by atoms with Crippen LogP contribution in [-0.4, -0.2) is 24.7 Å². The highest BCUT2D eigenvalue weighted by atomic mass is 15.3. The minimum atomic E-state index is 0.573. The second kappa shape index (κ2) is 5.38. The fourth-order valence-electron chi connectivity index (χ4n) is 1.52. The lowest BCUT2D eigenvalue weighted by molar-refractivity contribution is 0.746. The zero-order valence-electron chi connectivity index (χ0n) is 10.1. The zero-order chi connectivity index (χ0) is 12.1. The van der Waals surface area contributed by atoms with Crippen LogP contribution in [0.2, 0.25) is 0 Å². The van der Waals surface area contributed by atoms with Gasteiger partial charge in [0.05, 0.1) is 6.54 Å². The van der Waals surface area contributed by atoms with Crippen molar-refractivity contribution in [3.05, 3.63) is 30.2 Å². The van der Waals surface area contributed by atoms with Gasteiger partial charge in [-0.05, 0) is 6.42 Å². The summed E-state index contributed by atoms with van der Waals surface area (Å²) in [5.74, 6) is 1.57. The van der Waals surface area contributed by atoms with Crippen LogP contribution in [0.15, 0.2) is 18.7 Å². The molecule has 0 fully saturated rings. The Morgan fingerprint density at radius 3 is 2.88 bits per heavy atom. The molecule has 0 unspecified atom stereocenters. The minimum Gasteiger partial charge on any atom is -0.363 e. The van der Waals surface area contributed by atoms with Gasteiger partial charge in [0.15, 0.2) is 5.82 Å². The number of anilines is 1. The van der Waals surface area contributed by atoms with Crippen LogP contribution >= 0.6 is 0 Å². The maximum atomic E-state index is 4.20. The SMILES string of the molecule is CCCc1cc(NCc2ncn(C)n2)ncn1. The first kappa shape index (κ1) is 11.5. The highest BCUT2D eigenvalue weighted by molar-refractivity contribution is 5.34. The van der Waals surface area contributed by atoms with Crippen LogP contribution in [0.1, 0.15) is 24.9 Å². The quantitative estimate of drug-likeness (QED) is 0.838. The van der Waals surface area contributed by atoms with E-state index in [1.54, 1.807) is 17.3 Å². The molecule has 2 rings (SSSR count). The monoisotopic (exact) mass is 232 g/mol. The fourth-order valence-corrected chi connectivity index (χ4v) is 1.52. The van der Waals surface area contributed by atoms with Crippen molar-refractivity contribution in [1.82, 2.24) is 24.7 Å². The molecule has 2 aromatic rings. The molecule has 0 spiro atoms. The molecule has 0 saturated carbocycles. The Morgan fingerprint density at radius 2 is 2.18 bits per heavy atom. The number of rotatable bonds is 5. The molecule has 6 heteroatoms. The summed E-state index contributed by atoms with van der Waals surface area (Å²) in [4.78, 5) is 12.5. The average Bonchev–Trinajstić information content (AvgIpc) is 2.74. The first-order valence-electron chi connectivity index (χ1n) is 5.67. The highest BCUT2D eigenvalue weighted by Crippen LogP contribution is 2.06. The van der Waals surface area contributed by atoms with Crippen molar-refractivity contribution in [3.8, 4) is 0 Å². The van der Waals surface area contributed by atoms with Crippen LogP contribution in [0, 0.1) is 0 Å². The van der Waals surface area contributed by atoms with Crippen molar-refractivity contribution in [2.75, 3.05) is 5.32 Å². The van der Waals surface area contributed by atoms with E-state index < -0.39 is 0 Å². The van der Waals surface area contributed by atoms with Gasteiger partial charge in [0.2, 0.25) is 0 Å². The first-order valence-corrected chi connectivity index (χ1v) is 5.67. The smallest absolute Gasteiger partial charge is 0.169 e. The molecule has 0 aliphatic carbocycles. The molecular weight excluding hydrogens is 216 g/mol. The molecule has 2 heterocycles. The van der Waals surface area contributed by atoms with Gasteiger partial charge in [-0.15, -0.1) is 0 Å². The molecule has 6 nitrogen and oxygen atoms in total. The summed E-state index contributed by atoms with van der Waals surface area (Å²) in [6.07, 6.45) is 5.32. The predicted octanol–water partition coefficient (Wildman–Crippen LogP) is 1.17. The van der Waals surface area contributed by atoms with E-state index in [-0.39, 0.29) is 0 Å². The molecule has 1 N–H and O–H groups in total. The lowest BCUT2D eigenvalue weighted by Crippen LogP contribution is -2.05. The Bertz CT molecular complexity index is 478. The van der Waals surface area contributed by atoms with Gasteiger partial charge in [-0.25, -0.2) is 15.0 Å². The fraction of sp³-hybridized carbons (Fsp3) is 0.455. The van der Waals surface area contributed by atoms with Gasteiger partial charge in [-0.3, -0.25) is 4.68 Å². The second-order valence-electron chi connectivity index (χ2n) is 3.83. The molecular formula is C11H16N6. The van der Waals surface area contributed by atoms with Crippen molar-refractivity contribution in [2.24, 2.45) is 7.05 Å². The van der Waals surface area contributed by atoms with Crippen molar-refractivity contribution < 1.29 is 0 Å². The van der Waals surface area contributed by atoms with Crippen LogP contribution in [-0.2, 0) is 20.0 Å². The Morgan fingerprint density at radius 1 is 1.29 bits per heavy atom. The maximum absolute atomic E-state index is 4.20. The summed E-state index contributed by atoms with van der Waals surface area (Å²) in [6, 6.07) is 1.96. The molecule has 0 atom stereocenters. The summed E-state index contributed by atoms with van der Waals surface area (Å²) in [7, 11) is 1.85. The number of hydrogen-bond donors (Lipinski definition) is 1. The number of hydrogen-bond acceptors (Lipinski definition) is 5. The van der Waals surface area contributed by atoms with E-state index in [9.17, 15) is 0 Å². The van der Waals surface area contributed by atoms with Crippen LogP contribution in [0.3, 0.4) is 0 Å². The third-order valence-corrected chi connectivity index (χ3v) is 2.30. The summed E-state index contributed by atoms with van der Waals surface area (Å²) >= 11 is 0. The molecule has 90 valence electrons. The van der Waals surface area contributed by atoms with Crippen LogP contribution in [0.25, 0.3) is 0 Å². The summed E-state index contributed by atoms with van der Waals surface area (Å²) in [6.45, 7) is 2.70. The van der Waals surface area contributed by atoms with Crippen LogP contribution < -0.4 is 5.32 Å². The Kier molecular flexibility index (Phi) is 3.64. The molecule has 0 bridgehead atoms. The average molecular weight is 232 g/mol. The third kappa shape index (κ3) is 3.24. The van der Waals surface area contributed by atoms with Crippen molar-refractivity contribution in [1.29, 1.82) is 0 Å². The standard InChI is InChI=1S/C11H16N6/c1-3-4-9-5-10(14-7-13-9)12-6-11-15-8-17(2)16-11/h5,7-8H,3-4,6H2,1-2H3,(H,12,13,14). The van der Waals surface area contributed by atoms with Gasteiger partial charge >= 0.3 is 0 Å². The van der Waals surface area contributed by atoms with E-state index in [2.05, 4.69) is 32.3 Å². The predicted molar refractivity (Wildman–Crippen MR) is 64.4 cm³/mol. The van der Waals surface area contributed by atoms with E-state index in [0.29, 0.717) is 6.54 Å². The molecule has 0 radical (unpaired) electrons. The zero-order valence-corrected chi connectivity index (χ0v) is 10.1. The van der Waals surface area contributed by atoms with Gasteiger partial charge in [-0.2, -0.15) is 5.10 Å². The summed E-state index contributed by atoms with van der Waals surface area (Å²) < 4.78 is 1.68. The first-order chi connectivity index (χ1) is 8.28. The lowest BCUT2D eigenvalue weighted by atomic mass is 10.2. The van der Waals surface area contributed by atoms with Crippen LogP contribution in [0.5, 0.6) is 0 Å². The summed E-state index contributed by atoms with van der Waals surface area (Å²) in [5, 5.41) is 7.37. The highest BCUT2D eigenvalue weighted by Gasteiger charge is 2.01. The Hall–Kier alpha value is -1.98. The normalized spacial score (nSPS) is 10.5. The van der Waals surface area contributed by atoms with Gasteiger partial charge < -0.3 is 5.32 Å². The molecule has 0 aliphatic rings. The van der Waals surface area contributed by atoms with Gasteiger partial charge in [0, 0.05) is 18.8 Å². The van der Waals surface area contributed by atoms with E-state index in [1.807, 2.05) is 13.1 Å².